The van der Waals surface area contributed by atoms with Gasteiger partial charge in [0.15, 0.2) is 0 Å². The van der Waals surface area contributed by atoms with Crippen LogP contribution in [-0.2, 0) is 18.3 Å². The van der Waals surface area contributed by atoms with Gasteiger partial charge in [-0.2, -0.15) is 13.2 Å². The van der Waals surface area contributed by atoms with E-state index in [1.54, 1.807) is 11.0 Å². The molecule has 2 aliphatic heterocycles. The Labute approximate surface area is 200 Å². The van der Waals surface area contributed by atoms with E-state index in [-0.39, 0.29) is 12.0 Å². The number of fused-ring (bicyclic) bond motifs is 2. The lowest BCUT2D eigenvalue weighted by Crippen LogP contribution is -2.57. The first-order valence-electron chi connectivity index (χ1n) is 11.2. The second-order valence-electron chi connectivity index (χ2n) is 9.27. The van der Waals surface area contributed by atoms with Gasteiger partial charge in [0.25, 0.3) is 5.91 Å². The Kier molecular flexibility index (Phi) is 6.33. The third-order valence-electron chi connectivity index (χ3n) is 6.83. The quantitative estimate of drug-likeness (QED) is 0.533. The second-order valence-corrected chi connectivity index (χ2v) is 10.1. The molecule has 2 aromatic rings. The Morgan fingerprint density at radius 3 is 2.36 bits per heavy atom. The number of aryl methyl sites for hydroxylation is 1. The molecule has 9 heteroatoms. The summed E-state index contributed by atoms with van der Waals surface area (Å²) >= 11 is 3.41. The van der Waals surface area contributed by atoms with E-state index in [1.165, 1.54) is 10.6 Å². The summed E-state index contributed by atoms with van der Waals surface area (Å²) in [4.78, 5) is 17.1. The number of aromatic nitrogens is 1. The van der Waals surface area contributed by atoms with E-state index in [0.29, 0.717) is 54.8 Å². The topological polar surface area (TPSA) is 37.7 Å². The molecule has 2 aliphatic rings. The van der Waals surface area contributed by atoms with Gasteiger partial charge in [0.1, 0.15) is 11.4 Å². The molecule has 0 N–H and O–H groups in total. The van der Waals surface area contributed by atoms with Crippen LogP contribution in [0.25, 0.3) is 0 Å². The molecule has 5 nitrogen and oxygen atoms in total. The molecular weight excluding hydrogens is 499 g/mol. The molecule has 3 heterocycles. The van der Waals surface area contributed by atoms with Crippen molar-refractivity contribution in [3.63, 3.8) is 0 Å². The molecule has 1 saturated heterocycles. The predicted octanol–water partition coefficient (Wildman–Crippen LogP) is 5.44. The third kappa shape index (κ3) is 4.30. The number of alkyl halides is 3. The summed E-state index contributed by atoms with van der Waals surface area (Å²) in [7, 11) is 1.96. The molecule has 1 spiro atoms. The largest absolute Gasteiger partial charge is 0.491 e. The second kappa shape index (κ2) is 8.65. The van der Waals surface area contributed by atoms with Crippen LogP contribution in [0.15, 0.2) is 28.7 Å². The van der Waals surface area contributed by atoms with E-state index >= 15 is 0 Å². The fourth-order valence-electron chi connectivity index (χ4n) is 5.15. The van der Waals surface area contributed by atoms with Gasteiger partial charge >= 0.3 is 6.18 Å². The van der Waals surface area contributed by atoms with Crippen LogP contribution in [0.5, 0.6) is 5.75 Å². The van der Waals surface area contributed by atoms with Crippen molar-refractivity contribution in [2.45, 2.75) is 58.0 Å². The van der Waals surface area contributed by atoms with Crippen LogP contribution >= 0.6 is 15.9 Å². The molecule has 1 fully saturated rings. The first-order valence-corrected chi connectivity index (χ1v) is 12.0. The number of nitrogens with zero attached hydrogens (tertiary/aromatic N) is 3. The van der Waals surface area contributed by atoms with Crippen molar-refractivity contribution >= 4 is 21.8 Å². The first kappa shape index (κ1) is 24.1. The average molecular weight is 528 g/mol. The summed E-state index contributed by atoms with van der Waals surface area (Å²) in [6.45, 7) is 7.60. The van der Waals surface area contributed by atoms with Crippen molar-refractivity contribution in [2.24, 2.45) is 0 Å². The number of piperidine rings is 1. The van der Waals surface area contributed by atoms with Crippen molar-refractivity contribution < 1.29 is 22.7 Å². The molecule has 1 amide bonds. The molecule has 180 valence electrons. The number of benzene rings is 1. The molecule has 0 radical (unpaired) electrons. The molecule has 4 rings (SSSR count). The maximum atomic E-state index is 13.6. The molecule has 0 aliphatic carbocycles. The van der Waals surface area contributed by atoms with Crippen LogP contribution in [0.1, 0.15) is 54.0 Å². The number of likely N-dealkylation sites (N-methyl/N-ethyl adjacent to an activating group) is 1. The standard InChI is InChI=1S/C24H29BrF3N3O2/c1-15(2)33-19-6-5-17(13-16(19)3)22(32)30-9-7-23(8-10-30)21-18(25)14-20(24(26,27)28)31(21)12-11-29(23)4/h5-6,13-15H,7-12H2,1-4H3. The highest BCUT2D eigenvalue weighted by atomic mass is 79.9. The van der Waals surface area contributed by atoms with Crippen molar-refractivity contribution in [2.75, 3.05) is 26.7 Å². The number of carbonyl (C=O) groups is 1. The molecule has 0 saturated carbocycles. The smallest absolute Gasteiger partial charge is 0.431 e. The Morgan fingerprint density at radius 2 is 1.79 bits per heavy atom. The minimum atomic E-state index is -4.40. The Balaban J connectivity index is 1.56. The summed E-state index contributed by atoms with van der Waals surface area (Å²) in [5.41, 5.74) is 1.01. The van der Waals surface area contributed by atoms with Gasteiger partial charge in [-0.25, -0.2) is 0 Å². The summed E-state index contributed by atoms with van der Waals surface area (Å²) in [5.74, 6) is 0.696. The number of likely N-dealkylation sites (tertiary alicyclic amines) is 1. The van der Waals surface area contributed by atoms with Crippen LogP contribution in [0, 0.1) is 6.92 Å². The Morgan fingerprint density at radius 1 is 1.12 bits per heavy atom. The van der Waals surface area contributed by atoms with Crippen molar-refractivity contribution in [1.29, 1.82) is 0 Å². The Bertz CT molecular complexity index is 1060. The van der Waals surface area contributed by atoms with Crippen LogP contribution in [0.2, 0.25) is 0 Å². The zero-order valence-corrected chi connectivity index (χ0v) is 20.9. The molecule has 33 heavy (non-hydrogen) atoms. The van der Waals surface area contributed by atoms with E-state index in [9.17, 15) is 18.0 Å². The molecule has 1 aromatic heterocycles. The van der Waals surface area contributed by atoms with Gasteiger partial charge in [-0.05, 0) is 86.4 Å². The van der Waals surface area contributed by atoms with E-state index in [0.717, 1.165) is 11.3 Å². The normalized spacial score (nSPS) is 18.6. The molecule has 1 aromatic carbocycles. The van der Waals surface area contributed by atoms with Gasteiger partial charge in [-0.3, -0.25) is 9.69 Å². The lowest BCUT2D eigenvalue weighted by atomic mass is 9.81. The summed E-state index contributed by atoms with van der Waals surface area (Å²) in [6.07, 6.45) is -3.21. The number of halogens is 4. The van der Waals surface area contributed by atoms with Crippen molar-refractivity contribution in [3.8, 4) is 5.75 Å². The highest BCUT2D eigenvalue weighted by Crippen LogP contribution is 2.47. The number of amides is 1. The number of hydrogen-bond donors (Lipinski definition) is 0. The molecular formula is C24H29BrF3N3O2. The van der Waals surface area contributed by atoms with Gasteiger partial charge in [0, 0.05) is 36.2 Å². The third-order valence-corrected chi connectivity index (χ3v) is 7.44. The fraction of sp³-hybridized carbons (Fsp3) is 0.542. The number of rotatable bonds is 3. The lowest BCUT2D eigenvalue weighted by Gasteiger charge is -2.51. The van der Waals surface area contributed by atoms with Gasteiger partial charge in [-0.15, -0.1) is 0 Å². The summed E-state index contributed by atoms with van der Waals surface area (Å²) in [6, 6.07) is 6.64. The van der Waals surface area contributed by atoms with Gasteiger partial charge in [0.2, 0.25) is 0 Å². The molecule has 0 unspecified atom stereocenters. The van der Waals surface area contributed by atoms with Crippen molar-refractivity contribution in [3.05, 3.63) is 51.3 Å². The van der Waals surface area contributed by atoms with E-state index in [1.807, 2.05) is 40.0 Å². The molecule has 0 atom stereocenters. The maximum absolute atomic E-state index is 13.6. The Hall–Kier alpha value is -2.00. The number of ether oxygens (including phenoxy) is 1. The average Bonchev–Trinajstić information content (AvgIpc) is 3.10. The van der Waals surface area contributed by atoms with Crippen LogP contribution in [0.4, 0.5) is 13.2 Å². The minimum Gasteiger partial charge on any atom is -0.491 e. The molecule has 0 bridgehead atoms. The van der Waals surface area contributed by atoms with Crippen LogP contribution in [0.3, 0.4) is 0 Å². The van der Waals surface area contributed by atoms with E-state index in [4.69, 9.17) is 4.74 Å². The lowest BCUT2D eigenvalue weighted by molar-refractivity contribution is -0.144. The van der Waals surface area contributed by atoms with Gasteiger partial charge < -0.3 is 14.2 Å². The monoisotopic (exact) mass is 527 g/mol. The van der Waals surface area contributed by atoms with Crippen LogP contribution < -0.4 is 4.74 Å². The summed E-state index contributed by atoms with van der Waals surface area (Å²) < 4.78 is 48.5. The zero-order chi connectivity index (χ0) is 24.1. The van der Waals surface area contributed by atoms with Crippen LogP contribution in [-0.4, -0.2) is 53.1 Å². The maximum Gasteiger partial charge on any atom is 0.431 e. The van der Waals surface area contributed by atoms with E-state index < -0.39 is 17.4 Å². The number of carbonyl (C=O) groups excluding carboxylic acids is 1. The highest BCUT2D eigenvalue weighted by molar-refractivity contribution is 9.10. The van der Waals surface area contributed by atoms with E-state index in [2.05, 4.69) is 20.8 Å². The SMILES string of the molecule is Cc1cc(C(=O)N2CCC3(CC2)c2c(Br)cc(C(F)(F)F)n2CCN3C)ccc1OC(C)C. The zero-order valence-electron chi connectivity index (χ0n) is 19.3. The fourth-order valence-corrected chi connectivity index (χ4v) is 5.95. The highest BCUT2D eigenvalue weighted by Gasteiger charge is 2.49. The minimum absolute atomic E-state index is 0.0483. The van der Waals surface area contributed by atoms with Crippen molar-refractivity contribution in [1.82, 2.24) is 14.4 Å². The summed E-state index contributed by atoms with van der Waals surface area (Å²) in [5, 5.41) is 0. The predicted molar refractivity (Wildman–Crippen MR) is 124 cm³/mol. The number of hydrogen-bond acceptors (Lipinski definition) is 3. The van der Waals surface area contributed by atoms with Gasteiger partial charge in [0.05, 0.1) is 17.3 Å². The van der Waals surface area contributed by atoms with Gasteiger partial charge in [-0.1, -0.05) is 0 Å². The first-order chi connectivity index (χ1) is 15.4.